The zero-order valence-electron chi connectivity index (χ0n) is 8.49. The van der Waals surface area contributed by atoms with E-state index in [2.05, 4.69) is 24.9 Å². The minimum atomic E-state index is 0.433. The van der Waals surface area contributed by atoms with Gasteiger partial charge in [-0.2, -0.15) is 0 Å². The van der Waals surface area contributed by atoms with Crippen molar-refractivity contribution < 1.29 is 0 Å². The van der Waals surface area contributed by atoms with Gasteiger partial charge in [0.2, 0.25) is 0 Å². The number of anilines is 1. The Labute approximate surface area is 83.8 Å². The lowest BCUT2D eigenvalue weighted by molar-refractivity contribution is 0.877. The molecule has 0 bridgehead atoms. The number of aromatic nitrogens is 1. The van der Waals surface area contributed by atoms with E-state index in [1.54, 1.807) is 6.20 Å². The summed E-state index contributed by atoms with van der Waals surface area (Å²) in [5.74, 6) is 0.433. The molecule has 0 amide bonds. The van der Waals surface area contributed by atoms with Gasteiger partial charge in [-0.05, 0) is 17.5 Å². The van der Waals surface area contributed by atoms with Gasteiger partial charge in [-0.15, -0.1) is 0 Å². The fraction of sp³-hybridized carbons (Fsp3) is 0.250. The van der Waals surface area contributed by atoms with Crippen LogP contribution in [0.2, 0.25) is 0 Å². The SMILES string of the molecule is CC(C)c1c(N)cnc2ccccc12. The van der Waals surface area contributed by atoms with Gasteiger partial charge in [0.25, 0.3) is 0 Å². The van der Waals surface area contributed by atoms with E-state index in [9.17, 15) is 0 Å². The Morgan fingerprint density at radius 1 is 1.21 bits per heavy atom. The van der Waals surface area contributed by atoms with Gasteiger partial charge in [-0.3, -0.25) is 4.98 Å². The fourth-order valence-corrected chi connectivity index (χ4v) is 1.82. The summed E-state index contributed by atoms with van der Waals surface area (Å²) < 4.78 is 0. The van der Waals surface area contributed by atoms with Gasteiger partial charge in [0.1, 0.15) is 0 Å². The van der Waals surface area contributed by atoms with Crippen molar-refractivity contribution in [1.82, 2.24) is 4.98 Å². The zero-order valence-corrected chi connectivity index (χ0v) is 8.49. The number of benzene rings is 1. The number of para-hydroxylation sites is 1. The van der Waals surface area contributed by atoms with E-state index in [1.165, 1.54) is 10.9 Å². The molecule has 0 aliphatic carbocycles. The average molecular weight is 186 g/mol. The van der Waals surface area contributed by atoms with Crippen LogP contribution in [0.4, 0.5) is 5.69 Å². The van der Waals surface area contributed by atoms with Crippen molar-refractivity contribution in [2.75, 3.05) is 5.73 Å². The highest BCUT2D eigenvalue weighted by atomic mass is 14.7. The predicted molar refractivity (Wildman–Crippen MR) is 60.2 cm³/mol. The average Bonchev–Trinajstić information content (AvgIpc) is 2.17. The van der Waals surface area contributed by atoms with Crippen molar-refractivity contribution in [3.63, 3.8) is 0 Å². The normalized spacial score (nSPS) is 11.1. The first-order valence-electron chi connectivity index (χ1n) is 4.83. The maximum absolute atomic E-state index is 5.93. The standard InChI is InChI=1S/C12H14N2/c1-8(2)12-9-5-3-4-6-11(9)14-7-10(12)13/h3-8H,13H2,1-2H3. The second-order valence-electron chi connectivity index (χ2n) is 3.80. The summed E-state index contributed by atoms with van der Waals surface area (Å²) in [6.07, 6.45) is 1.75. The largest absolute Gasteiger partial charge is 0.397 e. The van der Waals surface area contributed by atoms with E-state index in [0.717, 1.165) is 11.2 Å². The maximum Gasteiger partial charge on any atom is 0.0706 e. The molecule has 0 saturated heterocycles. The lowest BCUT2D eigenvalue weighted by atomic mass is 9.97. The van der Waals surface area contributed by atoms with Crippen molar-refractivity contribution >= 4 is 16.6 Å². The number of nitrogens with zero attached hydrogens (tertiary/aromatic N) is 1. The molecule has 0 aliphatic heterocycles. The molecule has 0 aliphatic rings. The van der Waals surface area contributed by atoms with E-state index in [4.69, 9.17) is 5.73 Å². The molecule has 14 heavy (non-hydrogen) atoms. The van der Waals surface area contributed by atoms with Crippen LogP contribution in [0, 0.1) is 0 Å². The van der Waals surface area contributed by atoms with Crippen LogP contribution in [-0.4, -0.2) is 4.98 Å². The number of hydrogen-bond acceptors (Lipinski definition) is 2. The molecule has 0 atom stereocenters. The van der Waals surface area contributed by atoms with Gasteiger partial charge in [0.15, 0.2) is 0 Å². The summed E-state index contributed by atoms with van der Waals surface area (Å²) in [4.78, 5) is 4.30. The van der Waals surface area contributed by atoms with Crippen LogP contribution >= 0.6 is 0 Å². The number of rotatable bonds is 1. The molecule has 1 heterocycles. The maximum atomic E-state index is 5.93. The highest BCUT2D eigenvalue weighted by Crippen LogP contribution is 2.28. The molecular weight excluding hydrogens is 172 g/mol. The number of hydrogen-bond donors (Lipinski definition) is 1. The molecular formula is C12H14N2. The third kappa shape index (κ3) is 1.33. The molecule has 2 N–H and O–H groups in total. The molecule has 2 heteroatoms. The molecule has 1 aromatic carbocycles. The Bertz CT molecular complexity index is 461. The third-order valence-corrected chi connectivity index (χ3v) is 2.43. The molecule has 0 spiro atoms. The highest BCUT2D eigenvalue weighted by molar-refractivity contribution is 5.86. The Morgan fingerprint density at radius 3 is 2.64 bits per heavy atom. The molecule has 0 radical (unpaired) electrons. The highest BCUT2D eigenvalue weighted by Gasteiger charge is 2.08. The van der Waals surface area contributed by atoms with Crippen molar-refractivity contribution in [3.05, 3.63) is 36.0 Å². The van der Waals surface area contributed by atoms with Crippen LogP contribution in [-0.2, 0) is 0 Å². The lowest BCUT2D eigenvalue weighted by Gasteiger charge is -2.12. The number of nitrogen functional groups attached to an aromatic ring is 1. The molecule has 72 valence electrons. The minimum absolute atomic E-state index is 0.433. The van der Waals surface area contributed by atoms with Crippen LogP contribution < -0.4 is 5.73 Å². The van der Waals surface area contributed by atoms with Gasteiger partial charge in [-0.1, -0.05) is 32.0 Å². The molecule has 0 unspecified atom stereocenters. The summed E-state index contributed by atoms with van der Waals surface area (Å²) in [5.41, 5.74) is 8.94. The van der Waals surface area contributed by atoms with Crippen molar-refractivity contribution in [3.8, 4) is 0 Å². The van der Waals surface area contributed by atoms with Gasteiger partial charge in [-0.25, -0.2) is 0 Å². The topological polar surface area (TPSA) is 38.9 Å². The fourth-order valence-electron chi connectivity index (χ4n) is 1.82. The first kappa shape index (κ1) is 9.00. The second kappa shape index (κ2) is 3.29. The summed E-state index contributed by atoms with van der Waals surface area (Å²) >= 11 is 0. The molecule has 2 rings (SSSR count). The van der Waals surface area contributed by atoms with Crippen LogP contribution in [0.15, 0.2) is 30.5 Å². The summed E-state index contributed by atoms with van der Waals surface area (Å²) in [6, 6.07) is 8.11. The Kier molecular flexibility index (Phi) is 2.12. The minimum Gasteiger partial charge on any atom is -0.397 e. The first-order chi connectivity index (χ1) is 6.70. The van der Waals surface area contributed by atoms with Crippen LogP contribution in [0.3, 0.4) is 0 Å². The van der Waals surface area contributed by atoms with Gasteiger partial charge in [0, 0.05) is 5.39 Å². The Hall–Kier alpha value is -1.57. The molecule has 0 saturated carbocycles. The molecule has 2 nitrogen and oxygen atoms in total. The smallest absolute Gasteiger partial charge is 0.0706 e. The number of pyridine rings is 1. The Morgan fingerprint density at radius 2 is 1.93 bits per heavy atom. The predicted octanol–water partition coefficient (Wildman–Crippen LogP) is 2.94. The van der Waals surface area contributed by atoms with Gasteiger partial charge >= 0.3 is 0 Å². The monoisotopic (exact) mass is 186 g/mol. The zero-order chi connectivity index (χ0) is 10.1. The number of nitrogens with two attached hydrogens (primary N) is 1. The van der Waals surface area contributed by atoms with Crippen molar-refractivity contribution in [2.45, 2.75) is 19.8 Å². The lowest BCUT2D eigenvalue weighted by Crippen LogP contribution is -1.98. The second-order valence-corrected chi connectivity index (χ2v) is 3.80. The van der Waals surface area contributed by atoms with Crippen molar-refractivity contribution in [1.29, 1.82) is 0 Å². The van der Waals surface area contributed by atoms with Gasteiger partial charge in [0.05, 0.1) is 17.4 Å². The molecule has 0 fully saturated rings. The van der Waals surface area contributed by atoms with Crippen LogP contribution in [0.5, 0.6) is 0 Å². The van der Waals surface area contributed by atoms with Gasteiger partial charge < -0.3 is 5.73 Å². The quantitative estimate of drug-likeness (QED) is 0.743. The summed E-state index contributed by atoms with van der Waals surface area (Å²) in [5, 5.41) is 1.17. The molecule has 1 aromatic heterocycles. The number of fused-ring (bicyclic) bond motifs is 1. The Balaban J connectivity index is 2.83. The van der Waals surface area contributed by atoms with E-state index in [1.807, 2.05) is 18.2 Å². The first-order valence-corrected chi connectivity index (χ1v) is 4.83. The van der Waals surface area contributed by atoms with E-state index >= 15 is 0 Å². The van der Waals surface area contributed by atoms with E-state index in [-0.39, 0.29) is 0 Å². The summed E-state index contributed by atoms with van der Waals surface area (Å²) in [6.45, 7) is 4.30. The van der Waals surface area contributed by atoms with Crippen LogP contribution in [0.25, 0.3) is 10.9 Å². The van der Waals surface area contributed by atoms with Crippen molar-refractivity contribution in [2.24, 2.45) is 0 Å². The molecule has 2 aromatic rings. The third-order valence-electron chi connectivity index (χ3n) is 2.43. The van der Waals surface area contributed by atoms with Crippen LogP contribution in [0.1, 0.15) is 25.3 Å². The summed E-state index contributed by atoms with van der Waals surface area (Å²) in [7, 11) is 0. The van der Waals surface area contributed by atoms with E-state index < -0.39 is 0 Å². The van der Waals surface area contributed by atoms with E-state index in [0.29, 0.717) is 5.92 Å².